The summed E-state index contributed by atoms with van der Waals surface area (Å²) < 4.78 is 22.1. The number of ether oxygens (including phenoxy) is 1. The summed E-state index contributed by atoms with van der Waals surface area (Å²) in [7, 11) is 2.08. The molecule has 2 aliphatic rings. The second-order valence-corrected chi connectivity index (χ2v) is 8.71. The van der Waals surface area contributed by atoms with Crippen LogP contribution in [0.4, 0.5) is 4.39 Å². The zero-order valence-corrected chi connectivity index (χ0v) is 17.6. The maximum Gasteiger partial charge on any atom is 0.165 e. The van der Waals surface area contributed by atoms with Gasteiger partial charge < -0.3 is 4.74 Å². The molecular formula is C23H24ClFN4O. The number of hydrogen-bond acceptors (Lipinski definition) is 4. The highest BCUT2D eigenvalue weighted by Gasteiger charge is 2.30. The molecule has 7 heteroatoms. The summed E-state index contributed by atoms with van der Waals surface area (Å²) in [6, 6.07) is 12.6. The first-order valence-electron chi connectivity index (χ1n) is 10.4. The lowest BCUT2D eigenvalue weighted by molar-refractivity contribution is 0.139. The van der Waals surface area contributed by atoms with E-state index in [9.17, 15) is 4.39 Å². The third-order valence-electron chi connectivity index (χ3n) is 6.06. The van der Waals surface area contributed by atoms with Crippen LogP contribution in [-0.2, 0) is 13.1 Å². The first-order valence-corrected chi connectivity index (χ1v) is 10.8. The molecule has 5 nitrogen and oxygen atoms in total. The van der Waals surface area contributed by atoms with Crippen molar-refractivity contribution in [2.24, 2.45) is 0 Å². The van der Waals surface area contributed by atoms with E-state index in [1.807, 2.05) is 12.1 Å². The Kier molecular flexibility index (Phi) is 5.21. The number of nitrogens with zero attached hydrogens (tertiary/aromatic N) is 4. The minimum absolute atomic E-state index is 0.0295. The minimum Gasteiger partial charge on any atom is -0.487 e. The highest BCUT2D eigenvalue weighted by atomic mass is 35.5. The highest BCUT2D eigenvalue weighted by Crippen LogP contribution is 2.37. The first kappa shape index (κ1) is 19.5. The molecule has 0 radical (unpaired) electrons. The molecule has 1 aromatic heterocycles. The number of benzene rings is 2. The van der Waals surface area contributed by atoms with Crippen LogP contribution in [0.1, 0.15) is 48.8 Å². The van der Waals surface area contributed by atoms with Crippen molar-refractivity contribution in [3.63, 3.8) is 0 Å². The number of para-hydroxylation sites is 1. The maximum absolute atomic E-state index is 13.9. The van der Waals surface area contributed by atoms with Gasteiger partial charge >= 0.3 is 0 Å². The van der Waals surface area contributed by atoms with Crippen LogP contribution in [0.3, 0.4) is 0 Å². The normalized spacial score (nSPS) is 21.6. The number of rotatable bonds is 3. The molecule has 30 heavy (non-hydrogen) atoms. The first-order chi connectivity index (χ1) is 14.6. The summed E-state index contributed by atoms with van der Waals surface area (Å²) in [5.74, 6) is 2.30. The number of halogens is 2. The summed E-state index contributed by atoms with van der Waals surface area (Å²) in [5.41, 5.74) is 2.30. The van der Waals surface area contributed by atoms with Gasteiger partial charge in [-0.2, -0.15) is 0 Å². The molecule has 1 aliphatic carbocycles. The molecule has 1 aliphatic heterocycles. The predicted molar refractivity (Wildman–Crippen MR) is 114 cm³/mol. The SMILES string of the molecule is CN1Cc2cc(Cl)ccc2-n2c(nnc2C2CCC(Oc3ccccc3F)CC2)C1. The third-order valence-corrected chi connectivity index (χ3v) is 6.29. The van der Waals surface area contributed by atoms with Crippen LogP contribution in [0.5, 0.6) is 5.75 Å². The van der Waals surface area contributed by atoms with Crippen molar-refractivity contribution in [1.29, 1.82) is 0 Å². The fourth-order valence-corrected chi connectivity index (χ4v) is 4.80. The van der Waals surface area contributed by atoms with E-state index in [1.165, 1.54) is 11.6 Å². The zero-order chi connectivity index (χ0) is 20.7. The molecule has 0 amide bonds. The lowest BCUT2D eigenvalue weighted by Gasteiger charge is -2.29. The number of hydrogen-bond donors (Lipinski definition) is 0. The highest BCUT2D eigenvalue weighted by molar-refractivity contribution is 6.30. The predicted octanol–water partition coefficient (Wildman–Crippen LogP) is 5.11. The van der Waals surface area contributed by atoms with E-state index >= 15 is 0 Å². The largest absolute Gasteiger partial charge is 0.487 e. The second-order valence-electron chi connectivity index (χ2n) is 8.28. The van der Waals surface area contributed by atoms with E-state index < -0.39 is 0 Å². The van der Waals surface area contributed by atoms with Crippen molar-refractivity contribution < 1.29 is 9.13 Å². The lowest BCUT2D eigenvalue weighted by atomic mass is 9.86. The Morgan fingerprint density at radius 1 is 1.03 bits per heavy atom. The third kappa shape index (κ3) is 3.70. The Bertz CT molecular complexity index is 1060. The van der Waals surface area contributed by atoms with Gasteiger partial charge in [-0.15, -0.1) is 10.2 Å². The van der Waals surface area contributed by atoms with E-state index in [-0.39, 0.29) is 11.9 Å². The van der Waals surface area contributed by atoms with Gasteiger partial charge in [-0.25, -0.2) is 4.39 Å². The molecule has 5 rings (SSSR count). The molecule has 1 fully saturated rings. The average molecular weight is 427 g/mol. The second kappa shape index (κ2) is 8.00. The minimum atomic E-state index is -0.304. The summed E-state index contributed by atoms with van der Waals surface area (Å²) in [4.78, 5) is 2.23. The van der Waals surface area contributed by atoms with Gasteiger partial charge in [0, 0.05) is 17.5 Å². The van der Waals surface area contributed by atoms with Gasteiger partial charge in [0.25, 0.3) is 0 Å². The molecule has 0 N–H and O–H groups in total. The summed E-state index contributed by atoms with van der Waals surface area (Å²) >= 11 is 6.26. The Morgan fingerprint density at radius 2 is 1.83 bits per heavy atom. The smallest absolute Gasteiger partial charge is 0.165 e. The van der Waals surface area contributed by atoms with Gasteiger partial charge in [0.05, 0.1) is 18.3 Å². The zero-order valence-electron chi connectivity index (χ0n) is 16.9. The van der Waals surface area contributed by atoms with Gasteiger partial charge in [0.1, 0.15) is 5.82 Å². The van der Waals surface area contributed by atoms with Crippen molar-refractivity contribution >= 4 is 11.6 Å². The van der Waals surface area contributed by atoms with Crippen LogP contribution in [0, 0.1) is 5.82 Å². The van der Waals surface area contributed by atoms with Crippen molar-refractivity contribution in [2.45, 2.75) is 50.8 Å². The summed E-state index contributed by atoms with van der Waals surface area (Å²) in [5, 5.41) is 9.86. The van der Waals surface area contributed by atoms with Gasteiger partial charge in [-0.1, -0.05) is 23.7 Å². The van der Waals surface area contributed by atoms with E-state index in [2.05, 4.69) is 32.8 Å². The van der Waals surface area contributed by atoms with E-state index in [0.717, 1.165) is 61.1 Å². The molecule has 0 unspecified atom stereocenters. The molecule has 2 heterocycles. The monoisotopic (exact) mass is 426 g/mol. The average Bonchev–Trinajstić information content (AvgIpc) is 3.07. The lowest BCUT2D eigenvalue weighted by Crippen LogP contribution is -2.25. The number of aromatic nitrogens is 3. The molecule has 156 valence electrons. The van der Waals surface area contributed by atoms with Gasteiger partial charge in [0.15, 0.2) is 17.4 Å². The van der Waals surface area contributed by atoms with Crippen LogP contribution >= 0.6 is 11.6 Å². The van der Waals surface area contributed by atoms with E-state index in [0.29, 0.717) is 11.7 Å². The van der Waals surface area contributed by atoms with E-state index in [1.54, 1.807) is 18.2 Å². The van der Waals surface area contributed by atoms with Crippen LogP contribution in [0.2, 0.25) is 5.02 Å². The van der Waals surface area contributed by atoms with Crippen LogP contribution in [0.15, 0.2) is 42.5 Å². The van der Waals surface area contributed by atoms with Crippen molar-refractivity contribution in [3.8, 4) is 11.4 Å². The van der Waals surface area contributed by atoms with Crippen molar-refractivity contribution in [1.82, 2.24) is 19.7 Å². The fraction of sp³-hybridized carbons (Fsp3) is 0.391. The topological polar surface area (TPSA) is 43.2 Å². The van der Waals surface area contributed by atoms with Gasteiger partial charge in [-0.3, -0.25) is 9.47 Å². The van der Waals surface area contributed by atoms with Crippen LogP contribution in [-0.4, -0.2) is 32.8 Å². The van der Waals surface area contributed by atoms with Gasteiger partial charge in [0.2, 0.25) is 0 Å². The summed E-state index contributed by atoms with van der Waals surface area (Å²) in [6.07, 6.45) is 3.65. The quantitative estimate of drug-likeness (QED) is 0.583. The molecule has 0 saturated heterocycles. The van der Waals surface area contributed by atoms with Gasteiger partial charge in [-0.05, 0) is 68.6 Å². The molecule has 1 saturated carbocycles. The summed E-state index contributed by atoms with van der Waals surface area (Å²) in [6.45, 7) is 1.56. The van der Waals surface area contributed by atoms with Crippen LogP contribution in [0.25, 0.3) is 5.69 Å². The maximum atomic E-state index is 13.9. The Hall–Kier alpha value is -2.44. The number of fused-ring (bicyclic) bond motifs is 3. The van der Waals surface area contributed by atoms with Crippen LogP contribution < -0.4 is 4.74 Å². The molecule has 3 aromatic rings. The molecular weight excluding hydrogens is 403 g/mol. The molecule has 0 atom stereocenters. The Morgan fingerprint density at radius 3 is 2.63 bits per heavy atom. The molecule has 0 spiro atoms. The van der Waals surface area contributed by atoms with Crippen molar-refractivity contribution in [3.05, 3.63) is 70.5 Å². The Balaban J connectivity index is 1.38. The standard InChI is InChI=1S/C23H24ClFN4O/c1-28-13-16-12-17(24)8-11-20(16)29-22(14-28)26-27-23(29)15-6-9-18(10-7-15)30-21-5-3-2-4-19(21)25/h2-5,8,11-12,15,18H,6-7,9-10,13-14H2,1H3. The fourth-order valence-electron chi connectivity index (χ4n) is 4.61. The van der Waals surface area contributed by atoms with Crippen molar-refractivity contribution in [2.75, 3.05) is 7.05 Å². The van der Waals surface area contributed by atoms with E-state index in [4.69, 9.17) is 16.3 Å². The Labute approximate surface area is 180 Å². The molecule has 2 aromatic carbocycles. The molecule has 0 bridgehead atoms.